The minimum Gasteiger partial charge on any atom is -0.311 e. The molecule has 0 radical (unpaired) electrons. The molecular formula is C14H14FN3O2. The molecule has 1 aliphatic rings. The van der Waals surface area contributed by atoms with Crippen LogP contribution >= 0.6 is 0 Å². The van der Waals surface area contributed by atoms with Gasteiger partial charge in [-0.25, -0.2) is 9.18 Å². The molecule has 104 valence electrons. The van der Waals surface area contributed by atoms with Crippen LogP contribution in [0.1, 0.15) is 16.8 Å². The van der Waals surface area contributed by atoms with E-state index in [1.807, 2.05) is 0 Å². The number of hydrogen-bond donors (Lipinski definition) is 2. The molecule has 0 atom stereocenters. The monoisotopic (exact) mass is 275 g/mol. The second-order valence-electron chi connectivity index (χ2n) is 4.95. The summed E-state index contributed by atoms with van der Waals surface area (Å²) in [6.07, 6.45) is 0.635. The Morgan fingerprint density at radius 1 is 1.15 bits per heavy atom. The number of H-pyrrole nitrogens is 2. The largest absolute Gasteiger partial charge is 0.325 e. The molecule has 5 nitrogen and oxygen atoms in total. The summed E-state index contributed by atoms with van der Waals surface area (Å²) in [5.74, 6) is -0.258. The number of aromatic amines is 2. The summed E-state index contributed by atoms with van der Waals surface area (Å²) in [6.45, 7) is 1.89. The van der Waals surface area contributed by atoms with Gasteiger partial charge in [-0.3, -0.25) is 14.7 Å². The van der Waals surface area contributed by atoms with Crippen molar-refractivity contribution in [2.45, 2.75) is 19.5 Å². The summed E-state index contributed by atoms with van der Waals surface area (Å²) < 4.78 is 12.9. The maximum absolute atomic E-state index is 12.9. The average Bonchev–Trinajstić information content (AvgIpc) is 2.42. The van der Waals surface area contributed by atoms with E-state index in [0.29, 0.717) is 30.8 Å². The van der Waals surface area contributed by atoms with E-state index in [1.165, 1.54) is 12.1 Å². The van der Waals surface area contributed by atoms with Gasteiger partial charge in [0, 0.05) is 31.7 Å². The second-order valence-corrected chi connectivity index (χ2v) is 4.95. The van der Waals surface area contributed by atoms with Gasteiger partial charge in [0.15, 0.2) is 0 Å². The van der Waals surface area contributed by atoms with E-state index in [-0.39, 0.29) is 11.4 Å². The lowest BCUT2D eigenvalue weighted by atomic mass is 10.1. The lowest BCUT2D eigenvalue weighted by Crippen LogP contribution is -2.38. The highest BCUT2D eigenvalue weighted by atomic mass is 19.1. The number of benzene rings is 1. The first-order chi connectivity index (χ1) is 9.61. The quantitative estimate of drug-likeness (QED) is 0.850. The van der Waals surface area contributed by atoms with Gasteiger partial charge in [-0.15, -0.1) is 0 Å². The van der Waals surface area contributed by atoms with Crippen molar-refractivity contribution in [1.82, 2.24) is 14.9 Å². The van der Waals surface area contributed by atoms with E-state index in [1.54, 1.807) is 12.1 Å². The van der Waals surface area contributed by atoms with Gasteiger partial charge in [0.1, 0.15) is 5.82 Å². The molecular weight excluding hydrogens is 261 g/mol. The molecule has 1 aromatic carbocycles. The minimum absolute atomic E-state index is 0.258. The van der Waals surface area contributed by atoms with E-state index >= 15 is 0 Å². The van der Waals surface area contributed by atoms with Gasteiger partial charge < -0.3 is 4.98 Å². The van der Waals surface area contributed by atoms with Crippen LogP contribution in [-0.4, -0.2) is 21.4 Å². The summed E-state index contributed by atoms with van der Waals surface area (Å²) in [6, 6.07) is 6.33. The van der Waals surface area contributed by atoms with Gasteiger partial charge in [0.25, 0.3) is 5.56 Å². The predicted octanol–water partition coefficient (Wildman–Crippen LogP) is 0.761. The zero-order chi connectivity index (χ0) is 14.1. The Balaban J connectivity index is 1.80. The third-order valence-electron chi connectivity index (χ3n) is 3.51. The summed E-state index contributed by atoms with van der Waals surface area (Å²) in [4.78, 5) is 30.0. The van der Waals surface area contributed by atoms with Crippen LogP contribution in [0.3, 0.4) is 0 Å². The first kappa shape index (κ1) is 12.8. The molecule has 3 rings (SSSR count). The number of halogens is 1. The molecule has 6 heteroatoms. The van der Waals surface area contributed by atoms with Crippen molar-refractivity contribution in [2.75, 3.05) is 6.54 Å². The molecule has 2 heterocycles. The van der Waals surface area contributed by atoms with E-state index in [4.69, 9.17) is 0 Å². The number of fused-ring (bicyclic) bond motifs is 1. The topological polar surface area (TPSA) is 69.0 Å². The zero-order valence-corrected chi connectivity index (χ0v) is 10.8. The Kier molecular flexibility index (Phi) is 3.23. The van der Waals surface area contributed by atoms with E-state index in [2.05, 4.69) is 14.9 Å². The standard InChI is InChI=1S/C14H14FN3O2/c15-10-3-1-9(2-4-10)7-18-6-5-12-11(8-18)13(19)17-14(20)16-12/h1-4H,5-8H2,(H2,16,17,19,20). The number of rotatable bonds is 2. The molecule has 0 saturated carbocycles. The Bertz CT molecular complexity index is 733. The van der Waals surface area contributed by atoms with Gasteiger partial charge in [-0.2, -0.15) is 0 Å². The molecule has 20 heavy (non-hydrogen) atoms. The summed E-state index contributed by atoms with van der Waals surface area (Å²) in [7, 11) is 0. The van der Waals surface area contributed by atoms with Crippen molar-refractivity contribution in [2.24, 2.45) is 0 Å². The first-order valence-corrected chi connectivity index (χ1v) is 6.43. The van der Waals surface area contributed by atoms with Gasteiger partial charge in [0.2, 0.25) is 0 Å². The van der Waals surface area contributed by atoms with Gasteiger partial charge in [0.05, 0.1) is 5.56 Å². The molecule has 1 aliphatic heterocycles. The highest BCUT2D eigenvalue weighted by Gasteiger charge is 2.19. The lowest BCUT2D eigenvalue weighted by Gasteiger charge is -2.27. The molecule has 0 amide bonds. The maximum atomic E-state index is 12.9. The Labute approximate surface area is 114 Å². The normalized spacial score (nSPS) is 15.1. The highest BCUT2D eigenvalue weighted by molar-refractivity contribution is 5.21. The molecule has 0 spiro atoms. The molecule has 0 fully saturated rings. The Morgan fingerprint density at radius 2 is 1.90 bits per heavy atom. The average molecular weight is 275 g/mol. The molecule has 2 aromatic rings. The number of nitrogens with zero attached hydrogens (tertiary/aromatic N) is 1. The van der Waals surface area contributed by atoms with Gasteiger partial charge in [-0.1, -0.05) is 12.1 Å². The predicted molar refractivity (Wildman–Crippen MR) is 71.9 cm³/mol. The van der Waals surface area contributed by atoms with Crippen LogP contribution in [0.2, 0.25) is 0 Å². The SMILES string of the molecule is O=c1[nH]c2c(c(=O)[nH]1)CN(Cc1ccc(F)cc1)CC2. The van der Waals surface area contributed by atoms with Crippen LogP contribution in [0.5, 0.6) is 0 Å². The third-order valence-corrected chi connectivity index (χ3v) is 3.51. The van der Waals surface area contributed by atoms with Crippen LogP contribution in [-0.2, 0) is 19.5 Å². The van der Waals surface area contributed by atoms with Crippen LogP contribution < -0.4 is 11.2 Å². The number of hydrogen-bond acceptors (Lipinski definition) is 3. The van der Waals surface area contributed by atoms with E-state index in [9.17, 15) is 14.0 Å². The summed E-state index contributed by atoms with van der Waals surface area (Å²) in [5, 5.41) is 0. The third kappa shape index (κ3) is 2.55. The highest BCUT2D eigenvalue weighted by Crippen LogP contribution is 2.15. The van der Waals surface area contributed by atoms with E-state index in [0.717, 1.165) is 12.1 Å². The fourth-order valence-electron chi connectivity index (χ4n) is 2.50. The fraction of sp³-hybridized carbons (Fsp3) is 0.286. The van der Waals surface area contributed by atoms with Crippen LogP contribution in [0.15, 0.2) is 33.9 Å². The smallest absolute Gasteiger partial charge is 0.311 e. The van der Waals surface area contributed by atoms with Crippen molar-refractivity contribution in [1.29, 1.82) is 0 Å². The summed E-state index contributed by atoms with van der Waals surface area (Å²) >= 11 is 0. The Morgan fingerprint density at radius 3 is 2.65 bits per heavy atom. The maximum Gasteiger partial charge on any atom is 0.325 e. The second kappa shape index (κ2) is 5.05. The molecule has 0 saturated heterocycles. The molecule has 0 unspecified atom stereocenters. The molecule has 0 bridgehead atoms. The molecule has 2 N–H and O–H groups in total. The lowest BCUT2D eigenvalue weighted by molar-refractivity contribution is 0.241. The van der Waals surface area contributed by atoms with Crippen LogP contribution in [0, 0.1) is 5.82 Å². The number of nitrogens with one attached hydrogen (secondary N) is 2. The van der Waals surface area contributed by atoms with Crippen molar-refractivity contribution in [3.63, 3.8) is 0 Å². The first-order valence-electron chi connectivity index (χ1n) is 6.43. The van der Waals surface area contributed by atoms with Crippen molar-refractivity contribution >= 4 is 0 Å². The molecule has 0 aliphatic carbocycles. The van der Waals surface area contributed by atoms with Gasteiger partial charge >= 0.3 is 5.69 Å². The van der Waals surface area contributed by atoms with Crippen molar-refractivity contribution in [3.05, 3.63) is 67.7 Å². The fourth-order valence-corrected chi connectivity index (χ4v) is 2.50. The van der Waals surface area contributed by atoms with Crippen molar-refractivity contribution < 1.29 is 4.39 Å². The summed E-state index contributed by atoms with van der Waals surface area (Å²) in [5.41, 5.74) is 1.54. The minimum atomic E-state index is -0.458. The van der Waals surface area contributed by atoms with Crippen LogP contribution in [0.4, 0.5) is 4.39 Å². The molecule has 1 aromatic heterocycles. The van der Waals surface area contributed by atoms with Crippen LogP contribution in [0.25, 0.3) is 0 Å². The Hall–Kier alpha value is -2.21. The van der Waals surface area contributed by atoms with Crippen molar-refractivity contribution in [3.8, 4) is 0 Å². The van der Waals surface area contributed by atoms with E-state index < -0.39 is 5.69 Å². The zero-order valence-electron chi connectivity index (χ0n) is 10.8. The number of aromatic nitrogens is 2. The van der Waals surface area contributed by atoms with Gasteiger partial charge in [-0.05, 0) is 17.7 Å².